The second-order valence-electron chi connectivity index (χ2n) is 12.3. The molecule has 1 aromatic heterocycles. The number of ether oxygens (including phenoxy) is 1. The summed E-state index contributed by atoms with van der Waals surface area (Å²) in [5.74, 6) is -1.77. The molecule has 230 valence electrons. The zero-order chi connectivity index (χ0) is 30.9. The summed E-state index contributed by atoms with van der Waals surface area (Å²) in [5, 5.41) is 8.11. The minimum atomic E-state index is -0.937. The molecule has 3 N–H and O–H groups in total. The van der Waals surface area contributed by atoms with Crippen molar-refractivity contribution in [2.45, 2.75) is 83.1 Å². The zero-order valence-electron chi connectivity index (χ0n) is 25.6. The predicted molar refractivity (Wildman–Crippen MR) is 162 cm³/mol. The summed E-state index contributed by atoms with van der Waals surface area (Å²) in [6.45, 7) is 8.23. The van der Waals surface area contributed by atoms with E-state index in [-0.39, 0.29) is 17.7 Å². The fourth-order valence-corrected chi connectivity index (χ4v) is 6.10. The molecule has 0 aliphatic carbocycles. The van der Waals surface area contributed by atoms with Gasteiger partial charge in [-0.15, -0.1) is 0 Å². The molecule has 4 heterocycles. The number of hydrazine groups is 1. The number of rotatable bonds is 1. The Morgan fingerprint density at radius 1 is 1.02 bits per heavy atom. The van der Waals surface area contributed by atoms with Gasteiger partial charge in [0, 0.05) is 11.9 Å². The molecule has 2 aromatic rings. The van der Waals surface area contributed by atoms with Crippen LogP contribution in [0.2, 0.25) is 0 Å². The van der Waals surface area contributed by atoms with E-state index in [1.54, 1.807) is 13.8 Å². The highest BCUT2D eigenvalue weighted by atomic mass is 16.5. The summed E-state index contributed by atoms with van der Waals surface area (Å²) in [6.07, 6.45) is 5.77. The average molecular weight is 591 g/mol. The molecule has 43 heavy (non-hydrogen) atoms. The van der Waals surface area contributed by atoms with Gasteiger partial charge < -0.3 is 15.4 Å². The lowest BCUT2D eigenvalue weighted by molar-refractivity contribution is -0.157. The SMILES string of the molecule is CC(C)[C@@H]1NC(=O)[C@@]2(/C=C/c3ccc4ccc(nc4c3)[C@@H](C)OC(=O)[C@@H]3CCCN(N3)C(=O)[C@H](C)NC1=O)CCCN2C. The maximum Gasteiger partial charge on any atom is 0.325 e. The third-order valence-electron chi connectivity index (χ3n) is 8.83. The first-order valence-electron chi connectivity index (χ1n) is 15.2. The Labute approximate surface area is 252 Å². The molecular formula is C32H42N6O5. The van der Waals surface area contributed by atoms with Crippen LogP contribution in [0.5, 0.6) is 0 Å². The van der Waals surface area contributed by atoms with Crippen molar-refractivity contribution in [2.75, 3.05) is 20.1 Å². The molecule has 3 amide bonds. The Morgan fingerprint density at radius 3 is 2.51 bits per heavy atom. The molecule has 0 saturated carbocycles. The number of likely N-dealkylation sites (N-methyl/N-ethyl adjacent to an activating group) is 1. The van der Waals surface area contributed by atoms with Crippen LogP contribution in [-0.2, 0) is 23.9 Å². The van der Waals surface area contributed by atoms with Gasteiger partial charge in [0.05, 0.1) is 11.2 Å². The Morgan fingerprint density at radius 2 is 1.79 bits per heavy atom. The van der Waals surface area contributed by atoms with Crippen molar-refractivity contribution < 1.29 is 23.9 Å². The first-order valence-corrected chi connectivity index (χ1v) is 15.2. The number of likely N-dealkylation sites (tertiary alicyclic amines) is 1. The number of nitrogens with zero attached hydrogens (tertiary/aromatic N) is 3. The first kappa shape index (κ1) is 30.6. The predicted octanol–water partition coefficient (Wildman–Crippen LogP) is 2.47. The van der Waals surface area contributed by atoms with Gasteiger partial charge in [0.15, 0.2) is 0 Å². The number of hydrogen-bond acceptors (Lipinski definition) is 8. The Bertz CT molecular complexity index is 1440. The number of hydrogen-bond donors (Lipinski definition) is 3. The number of nitrogens with one attached hydrogen (secondary N) is 3. The van der Waals surface area contributed by atoms with Gasteiger partial charge in [0.1, 0.15) is 29.8 Å². The number of pyridine rings is 1. The van der Waals surface area contributed by atoms with E-state index >= 15 is 0 Å². The number of fused-ring (bicyclic) bond motifs is 4. The van der Waals surface area contributed by atoms with Gasteiger partial charge in [-0.3, -0.25) is 29.1 Å². The van der Waals surface area contributed by atoms with Gasteiger partial charge in [0.25, 0.3) is 5.91 Å². The van der Waals surface area contributed by atoms with Crippen molar-refractivity contribution in [1.29, 1.82) is 0 Å². The van der Waals surface area contributed by atoms with Gasteiger partial charge in [0.2, 0.25) is 11.8 Å². The molecule has 3 aliphatic rings. The number of aromatic nitrogens is 1. The van der Waals surface area contributed by atoms with Crippen LogP contribution in [0.4, 0.5) is 0 Å². The number of esters is 1. The van der Waals surface area contributed by atoms with Crippen molar-refractivity contribution in [1.82, 2.24) is 31.0 Å². The molecule has 5 rings (SSSR count). The quantitative estimate of drug-likeness (QED) is 0.432. The number of benzene rings is 1. The second-order valence-corrected chi connectivity index (χ2v) is 12.3. The maximum atomic E-state index is 14.0. The number of amides is 3. The molecule has 1 spiro atoms. The summed E-state index contributed by atoms with van der Waals surface area (Å²) in [5.41, 5.74) is 4.28. The van der Waals surface area contributed by atoms with Crippen LogP contribution in [-0.4, -0.2) is 82.4 Å². The fourth-order valence-electron chi connectivity index (χ4n) is 6.10. The fraction of sp³-hybridized carbons (Fsp3) is 0.531. The minimum absolute atomic E-state index is 0.226. The number of carbonyl (C=O) groups excluding carboxylic acids is 4. The molecule has 1 aromatic carbocycles. The topological polar surface area (TPSA) is 133 Å². The summed E-state index contributed by atoms with van der Waals surface area (Å²) in [6, 6.07) is 7.24. The largest absolute Gasteiger partial charge is 0.455 e. The van der Waals surface area contributed by atoms with Crippen LogP contribution < -0.4 is 16.1 Å². The van der Waals surface area contributed by atoms with Gasteiger partial charge >= 0.3 is 5.97 Å². The lowest BCUT2D eigenvalue weighted by Crippen LogP contribution is -2.62. The van der Waals surface area contributed by atoms with Gasteiger partial charge in [-0.05, 0) is 76.7 Å². The molecule has 11 nitrogen and oxygen atoms in total. The third-order valence-corrected chi connectivity index (χ3v) is 8.83. The highest BCUT2D eigenvalue weighted by molar-refractivity contribution is 5.96. The second kappa shape index (κ2) is 12.4. The van der Waals surface area contributed by atoms with E-state index < -0.39 is 41.6 Å². The summed E-state index contributed by atoms with van der Waals surface area (Å²) in [4.78, 5) is 60.7. The molecule has 0 unspecified atom stereocenters. The minimum Gasteiger partial charge on any atom is -0.455 e. The summed E-state index contributed by atoms with van der Waals surface area (Å²) >= 11 is 0. The molecule has 3 aliphatic heterocycles. The zero-order valence-corrected chi connectivity index (χ0v) is 25.6. The molecule has 5 bridgehead atoms. The lowest BCUT2D eigenvalue weighted by Gasteiger charge is -2.36. The van der Waals surface area contributed by atoms with E-state index in [9.17, 15) is 19.2 Å². The maximum absolute atomic E-state index is 14.0. The van der Waals surface area contributed by atoms with E-state index in [2.05, 4.69) is 16.1 Å². The normalized spacial score (nSPS) is 30.4. The monoisotopic (exact) mass is 590 g/mol. The van der Waals surface area contributed by atoms with Gasteiger partial charge in [-0.25, -0.2) is 10.4 Å². The first-order chi connectivity index (χ1) is 20.5. The van der Waals surface area contributed by atoms with Crippen molar-refractivity contribution in [3.05, 3.63) is 47.7 Å². The Balaban J connectivity index is 1.54. The van der Waals surface area contributed by atoms with Crippen LogP contribution in [0.25, 0.3) is 17.0 Å². The lowest BCUT2D eigenvalue weighted by atomic mass is 9.91. The molecule has 2 fully saturated rings. The van der Waals surface area contributed by atoms with Crippen molar-refractivity contribution >= 4 is 40.7 Å². The highest BCUT2D eigenvalue weighted by Crippen LogP contribution is 2.31. The molecule has 5 atom stereocenters. The van der Waals surface area contributed by atoms with E-state index in [0.29, 0.717) is 31.5 Å². The van der Waals surface area contributed by atoms with Crippen LogP contribution in [0.1, 0.15) is 70.7 Å². The highest BCUT2D eigenvalue weighted by Gasteiger charge is 2.45. The number of cyclic esters (lactones) is 1. The molecule has 11 heteroatoms. The van der Waals surface area contributed by atoms with Crippen LogP contribution >= 0.6 is 0 Å². The van der Waals surface area contributed by atoms with E-state index in [1.165, 1.54) is 5.01 Å². The smallest absolute Gasteiger partial charge is 0.325 e. The summed E-state index contributed by atoms with van der Waals surface area (Å²) in [7, 11) is 1.92. The third kappa shape index (κ3) is 6.28. The van der Waals surface area contributed by atoms with Crippen LogP contribution in [0.15, 0.2) is 36.4 Å². The molecule has 2 saturated heterocycles. The van der Waals surface area contributed by atoms with Crippen molar-refractivity contribution in [3.8, 4) is 0 Å². The average Bonchev–Trinajstić information content (AvgIpc) is 3.37. The standard InChI is InChI=1S/C32H42N6O5/c1-19(2)27-28(39)33-20(3)29(40)38-17-6-8-25(36-38)30(41)43-21(4)24-12-11-23-10-9-22(18-26(23)34-24)13-15-32(31(42)35-27)14-7-16-37(32)5/h9-13,15,18-21,25,27,36H,6-8,14,16-17H2,1-5H3,(H,33,39)(H,35,42)/b15-13+/t20-,21+,25-,27-,32-/m0/s1. The van der Waals surface area contributed by atoms with Gasteiger partial charge in [-0.2, -0.15) is 0 Å². The molecular weight excluding hydrogens is 548 g/mol. The van der Waals surface area contributed by atoms with Crippen LogP contribution in [0, 0.1) is 5.92 Å². The molecule has 0 radical (unpaired) electrons. The Kier molecular flexibility index (Phi) is 8.84. The van der Waals surface area contributed by atoms with Gasteiger partial charge in [-0.1, -0.05) is 44.2 Å². The Hall–Kier alpha value is -3.83. The van der Waals surface area contributed by atoms with Crippen molar-refractivity contribution in [3.63, 3.8) is 0 Å². The van der Waals surface area contributed by atoms with Crippen LogP contribution in [0.3, 0.4) is 0 Å². The summed E-state index contributed by atoms with van der Waals surface area (Å²) < 4.78 is 5.79. The van der Waals surface area contributed by atoms with Crippen molar-refractivity contribution in [2.24, 2.45) is 5.92 Å². The van der Waals surface area contributed by atoms with E-state index in [4.69, 9.17) is 9.72 Å². The number of carbonyl (C=O) groups is 4. The van der Waals surface area contributed by atoms with E-state index in [0.717, 1.165) is 29.4 Å². The van der Waals surface area contributed by atoms with E-state index in [1.807, 2.05) is 68.3 Å².